The van der Waals surface area contributed by atoms with Gasteiger partial charge in [0.2, 0.25) is 0 Å². The summed E-state index contributed by atoms with van der Waals surface area (Å²) < 4.78 is 0. The minimum Gasteiger partial charge on any atom is -0.480 e. The number of carboxylic acid groups (broad SMARTS) is 1. The highest BCUT2D eigenvalue weighted by Gasteiger charge is 2.42. The van der Waals surface area contributed by atoms with Gasteiger partial charge in [-0.25, -0.2) is 0 Å². The van der Waals surface area contributed by atoms with E-state index in [2.05, 4.69) is 41.2 Å². The molecule has 6 rings (SSSR count). The van der Waals surface area contributed by atoms with Crippen molar-refractivity contribution in [2.24, 2.45) is 11.8 Å². The van der Waals surface area contributed by atoms with E-state index in [0.717, 1.165) is 36.0 Å². The van der Waals surface area contributed by atoms with E-state index in [1.807, 2.05) is 30.5 Å². The van der Waals surface area contributed by atoms with Crippen molar-refractivity contribution >= 4 is 41.1 Å². The van der Waals surface area contributed by atoms with Crippen molar-refractivity contribution < 1.29 is 15.0 Å². The number of para-hydroxylation sites is 1. The third kappa shape index (κ3) is 5.31. The van der Waals surface area contributed by atoms with Gasteiger partial charge in [-0.3, -0.25) is 14.7 Å². The number of hydrogen-bond acceptors (Lipinski definition) is 5. The zero-order valence-electron chi connectivity index (χ0n) is 18.8. The van der Waals surface area contributed by atoms with Gasteiger partial charge >= 0.3 is 5.97 Å². The number of benzene rings is 2. The highest BCUT2D eigenvalue weighted by molar-refractivity contribution is 7.81. The van der Waals surface area contributed by atoms with Crippen molar-refractivity contribution in [1.29, 1.82) is 0 Å². The number of aliphatic hydroxyl groups excluding tert-OH is 1. The number of fused-ring (bicyclic) bond motifs is 4. The van der Waals surface area contributed by atoms with Crippen molar-refractivity contribution in [3.63, 3.8) is 0 Å². The molecule has 5 nitrogen and oxygen atoms in total. The topological polar surface area (TPSA) is 73.7 Å². The molecule has 6 atom stereocenters. The molecule has 4 heterocycles. The van der Waals surface area contributed by atoms with Crippen molar-refractivity contribution in [2.45, 2.75) is 30.2 Å². The molecule has 2 bridgehead atoms. The Morgan fingerprint density at radius 2 is 1.94 bits per heavy atom. The van der Waals surface area contributed by atoms with Gasteiger partial charge in [0.15, 0.2) is 0 Å². The van der Waals surface area contributed by atoms with Crippen LogP contribution in [0.25, 0.3) is 10.9 Å². The minimum atomic E-state index is -0.958. The van der Waals surface area contributed by atoms with E-state index in [-0.39, 0.29) is 6.04 Å². The molecule has 1 aromatic heterocycles. The van der Waals surface area contributed by atoms with Crippen molar-refractivity contribution in [3.05, 3.63) is 89.6 Å². The van der Waals surface area contributed by atoms with Crippen LogP contribution in [0.3, 0.4) is 0 Å². The highest BCUT2D eigenvalue weighted by atomic mass is 35.5. The molecule has 0 amide bonds. The molecule has 2 N–H and O–H groups in total. The average Bonchev–Trinajstić information content (AvgIpc) is 2.88. The van der Waals surface area contributed by atoms with Crippen LogP contribution in [0.2, 0.25) is 5.02 Å². The third-order valence-electron chi connectivity index (χ3n) is 6.94. The summed E-state index contributed by atoms with van der Waals surface area (Å²) in [7, 11) is 0. The molecule has 7 heteroatoms. The minimum absolute atomic E-state index is 0.223. The molecule has 34 heavy (non-hydrogen) atoms. The molecule has 0 spiro atoms. The Kier molecular flexibility index (Phi) is 7.94. The van der Waals surface area contributed by atoms with E-state index < -0.39 is 17.3 Å². The second-order valence-corrected chi connectivity index (χ2v) is 9.85. The molecule has 0 radical (unpaired) electrons. The largest absolute Gasteiger partial charge is 0.480 e. The Morgan fingerprint density at radius 3 is 2.59 bits per heavy atom. The Hall–Kier alpha value is -2.38. The Labute approximate surface area is 210 Å². The number of rotatable bonds is 5. The van der Waals surface area contributed by atoms with Gasteiger partial charge in [0, 0.05) is 29.2 Å². The van der Waals surface area contributed by atoms with E-state index in [0.29, 0.717) is 22.4 Å². The number of piperidine rings is 3. The molecular formula is C27H29ClN2O3S. The number of halogens is 1. The first-order valence-electron chi connectivity index (χ1n) is 11.4. The summed E-state index contributed by atoms with van der Waals surface area (Å²) in [6.45, 7) is 6.11. The smallest absolute Gasteiger partial charge is 0.320 e. The summed E-state index contributed by atoms with van der Waals surface area (Å²) in [5, 5.41) is 20.5. The van der Waals surface area contributed by atoms with Gasteiger partial charge in [-0.2, -0.15) is 12.6 Å². The fraction of sp³-hybridized carbons (Fsp3) is 0.333. The number of hydrogen-bond donors (Lipinski definition) is 3. The van der Waals surface area contributed by atoms with E-state index in [4.69, 9.17) is 16.7 Å². The lowest BCUT2D eigenvalue weighted by molar-refractivity contribution is -0.136. The summed E-state index contributed by atoms with van der Waals surface area (Å²) in [5.74, 6) is 0.308. The first-order valence-corrected chi connectivity index (χ1v) is 12.3. The van der Waals surface area contributed by atoms with E-state index in [1.54, 1.807) is 24.3 Å². The molecule has 3 fully saturated rings. The molecule has 2 aromatic carbocycles. The normalized spacial score (nSPS) is 25.1. The van der Waals surface area contributed by atoms with Crippen molar-refractivity contribution in [2.75, 3.05) is 13.1 Å². The Bertz CT molecular complexity index is 1150. The lowest BCUT2D eigenvalue weighted by Gasteiger charge is -2.50. The number of pyridine rings is 1. The average molecular weight is 497 g/mol. The van der Waals surface area contributed by atoms with Crippen LogP contribution in [-0.2, 0) is 4.79 Å². The molecule has 3 aromatic rings. The number of thiol groups is 1. The number of aliphatic carboxylic acids is 1. The molecule has 3 aliphatic rings. The van der Waals surface area contributed by atoms with Crippen LogP contribution in [-0.4, -0.2) is 45.2 Å². The van der Waals surface area contributed by atoms with Gasteiger partial charge in [0.25, 0.3) is 0 Å². The summed E-state index contributed by atoms with van der Waals surface area (Å²) in [5.41, 5.74) is 2.60. The monoisotopic (exact) mass is 496 g/mol. The van der Waals surface area contributed by atoms with Crippen LogP contribution in [0, 0.1) is 11.8 Å². The SMILES string of the molecule is C=C[C@H]1CN2CC[C@H]1C[C@H]2[C@H](O)c1ccnc2ccccc12.O=C(O)C(S)c1ccc(Cl)cc1. The number of carboxylic acids is 1. The highest BCUT2D eigenvalue weighted by Crippen LogP contribution is 2.41. The van der Waals surface area contributed by atoms with Crippen LogP contribution in [0.5, 0.6) is 0 Å². The van der Waals surface area contributed by atoms with Crippen LogP contribution >= 0.6 is 24.2 Å². The predicted octanol–water partition coefficient (Wildman–Crippen LogP) is 5.56. The lowest BCUT2D eigenvalue weighted by Crippen LogP contribution is -2.54. The molecule has 2 unspecified atom stereocenters. The van der Waals surface area contributed by atoms with Gasteiger partial charge < -0.3 is 10.2 Å². The van der Waals surface area contributed by atoms with E-state index in [9.17, 15) is 9.90 Å². The Balaban J connectivity index is 0.000000195. The quantitative estimate of drug-likeness (QED) is 0.318. The van der Waals surface area contributed by atoms with Crippen molar-refractivity contribution in [3.8, 4) is 0 Å². The maximum absolute atomic E-state index is 11.0. The Morgan fingerprint density at radius 1 is 1.21 bits per heavy atom. The summed E-state index contributed by atoms with van der Waals surface area (Å²) in [6, 6.07) is 16.8. The van der Waals surface area contributed by atoms with Crippen LogP contribution in [0.15, 0.2) is 73.4 Å². The molecule has 178 valence electrons. The maximum atomic E-state index is 11.0. The molecule has 3 saturated heterocycles. The fourth-order valence-corrected chi connectivity index (χ4v) is 5.37. The first kappa shape index (κ1) is 24.7. The number of carbonyl (C=O) groups is 1. The maximum Gasteiger partial charge on any atom is 0.320 e. The van der Waals surface area contributed by atoms with Crippen LogP contribution in [0.4, 0.5) is 0 Å². The number of aliphatic hydroxyl groups is 1. The lowest BCUT2D eigenvalue weighted by atomic mass is 9.73. The first-order chi connectivity index (χ1) is 16.4. The van der Waals surface area contributed by atoms with Crippen LogP contribution in [0.1, 0.15) is 35.3 Å². The summed E-state index contributed by atoms with van der Waals surface area (Å²) in [6.07, 6.45) is 5.76. The fourth-order valence-electron chi connectivity index (χ4n) is 5.08. The summed E-state index contributed by atoms with van der Waals surface area (Å²) >= 11 is 9.53. The van der Waals surface area contributed by atoms with Crippen LogP contribution < -0.4 is 0 Å². The molecule has 3 aliphatic heterocycles. The second kappa shape index (κ2) is 10.9. The number of nitrogens with zero attached hydrogens (tertiary/aromatic N) is 2. The van der Waals surface area contributed by atoms with Gasteiger partial charge in [-0.05, 0) is 66.6 Å². The third-order valence-corrected chi connectivity index (χ3v) is 7.71. The molecular weight excluding hydrogens is 468 g/mol. The van der Waals surface area contributed by atoms with Gasteiger partial charge in [0.05, 0.1) is 11.6 Å². The number of aromatic nitrogens is 1. The second-order valence-electron chi connectivity index (χ2n) is 8.90. The zero-order valence-corrected chi connectivity index (χ0v) is 20.4. The molecule has 0 saturated carbocycles. The van der Waals surface area contributed by atoms with E-state index >= 15 is 0 Å². The van der Waals surface area contributed by atoms with Gasteiger partial charge in [-0.15, -0.1) is 6.58 Å². The standard InChI is InChI=1S/C19H22N2O.C8H7ClO2S/c1-2-13-12-21-10-8-14(13)11-18(21)19(22)16-7-9-20-17-6-4-3-5-15(16)17;9-6-3-1-5(2-4-6)7(12)8(10)11/h2-7,9,13-14,18-19,22H,1,8,10-12H2;1-4,7,12H,(H,10,11)/t13-,14-,18-,19+;/m0./s1. The zero-order chi connectivity index (χ0) is 24.2. The van der Waals surface area contributed by atoms with Crippen molar-refractivity contribution in [1.82, 2.24) is 9.88 Å². The van der Waals surface area contributed by atoms with Gasteiger partial charge in [0.1, 0.15) is 5.25 Å². The van der Waals surface area contributed by atoms with Gasteiger partial charge in [-0.1, -0.05) is 48.0 Å². The molecule has 0 aliphatic carbocycles. The van der Waals surface area contributed by atoms with E-state index in [1.165, 1.54) is 6.42 Å². The predicted molar refractivity (Wildman–Crippen MR) is 139 cm³/mol. The summed E-state index contributed by atoms with van der Waals surface area (Å²) in [4.78, 5) is 17.3.